The fourth-order valence-electron chi connectivity index (χ4n) is 3.26. The van der Waals surface area contributed by atoms with Gasteiger partial charge in [0.1, 0.15) is 18.5 Å². The molecule has 16 nitrogen and oxygen atoms in total. The number of fused-ring (bicyclic) bond motifs is 1. The number of alkyl halides is 3. The number of aliphatic imine (C=N–C) groups is 1. The summed E-state index contributed by atoms with van der Waals surface area (Å²) in [6, 6.07) is 0. The molecule has 3 rings (SSSR count). The molecule has 2 aliphatic heterocycles. The third kappa shape index (κ3) is 5.37. The molecule has 202 valence electrons. The molecule has 0 radical (unpaired) electrons. The summed E-state index contributed by atoms with van der Waals surface area (Å²) in [4.78, 5) is 35.1. The molecule has 2 aliphatic rings. The van der Waals surface area contributed by atoms with Crippen LogP contribution in [0.2, 0.25) is 0 Å². The van der Waals surface area contributed by atoms with Crippen LogP contribution in [0.3, 0.4) is 0 Å². The van der Waals surface area contributed by atoms with Gasteiger partial charge >= 0.3 is 33.5 Å². The summed E-state index contributed by atoms with van der Waals surface area (Å²) in [5, 5.41) is 13.1. The van der Waals surface area contributed by atoms with Gasteiger partial charge in [-0.15, -0.1) is 0 Å². The zero-order chi connectivity index (χ0) is 27.1. The molecule has 20 heteroatoms. The number of imidazole rings is 1. The summed E-state index contributed by atoms with van der Waals surface area (Å²) in [5.41, 5.74) is -0.478. The van der Waals surface area contributed by atoms with E-state index in [0.717, 1.165) is 31.9 Å². The van der Waals surface area contributed by atoms with Gasteiger partial charge in [0.05, 0.1) is 6.33 Å². The number of nitrogens with two attached hydrogens (primary N) is 1. The van der Waals surface area contributed by atoms with Crippen molar-refractivity contribution in [2.75, 3.05) is 19.0 Å². The fraction of sp³-hybridized carbons (Fsp3) is 0.625. The first-order chi connectivity index (χ1) is 16.6. The molecule has 1 saturated heterocycles. The molecule has 4 N–H and O–H groups in total. The van der Waals surface area contributed by atoms with E-state index < -0.39 is 64.6 Å². The number of hydrogen-bond acceptors (Lipinski definition) is 15. The molecule has 0 saturated carbocycles. The Morgan fingerprint density at radius 2 is 1.97 bits per heavy atom. The lowest BCUT2D eigenvalue weighted by molar-refractivity contribution is -0.280. The number of aromatic nitrogens is 2. The van der Waals surface area contributed by atoms with E-state index in [9.17, 15) is 36.3 Å². The van der Waals surface area contributed by atoms with E-state index in [1.165, 1.54) is 0 Å². The summed E-state index contributed by atoms with van der Waals surface area (Å²) < 4.78 is 86.5. The topological polar surface area (TPSA) is 212 Å². The normalized spacial score (nSPS) is 28.1. The number of methoxy groups -OCH3 is 1. The summed E-state index contributed by atoms with van der Waals surface area (Å²) >= 11 is 0. The lowest BCUT2D eigenvalue weighted by Gasteiger charge is -2.28. The number of carbonyl (C=O) groups excluding carboxylic acids is 2. The Morgan fingerprint density at radius 1 is 1.31 bits per heavy atom. The van der Waals surface area contributed by atoms with Gasteiger partial charge in [0, 0.05) is 21.0 Å². The Labute approximate surface area is 200 Å². The Hall–Kier alpha value is -3.04. The first-order valence-electron chi connectivity index (χ1n) is 9.69. The van der Waals surface area contributed by atoms with Gasteiger partial charge in [0.25, 0.3) is 0 Å². The number of anilines is 1. The Balaban J connectivity index is 2.05. The van der Waals surface area contributed by atoms with Crippen molar-refractivity contribution in [3.63, 3.8) is 0 Å². The monoisotopic (exact) mass is 547 g/mol. The van der Waals surface area contributed by atoms with E-state index in [1.54, 1.807) is 0 Å². The van der Waals surface area contributed by atoms with E-state index in [4.69, 9.17) is 24.7 Å². The van der Waals surface area contributed by atoms with Crippen molar-refractivity contribution < 1.29 is 64.5 Å². The molecule has 3 heterocycles. The van der Waals surface area contributed by atoms with Crippen LogP contribution in [0.1, 0.15) is 25.8 Å². The molecule has 0 amide bonds. The van der Waals surface area contributed by atoms with Crippen molar-refractivity contribution >= 4 is 33.8 Å². The third-order valence-corrected chi connectivity index (χ3v) is 5.57. The van der Waals surface area contributed by atoms with E-state index in [0.29, 0.717) is 0 Å². The molecule has 0 aliphatic carbocycles. The maximum absolute atomic E-state index is 12.8. The molecule has 1 unspecified atom stereocenters. The standard InChI is InChI=1S/C16H20F3N5O11S/c1-6(25)31-4-8-9(32-7(2)26)10(34-35-36(28,29)16(17,18)19)13(33-8)24-5-21-11-12(24)22-14(20)23-15(11,27)30-3/h5,8-10,13,27H,4H2,1-3H3,(H3,20,22,23)/t8-,9-,10-,13-,15?/m1/s1. The van der Waals surface area contributed by atoms with Crippen LogP contribution in [0.25, 0.3) is 0 Å². The quantitative estimate of drug-likeness (QED) is 0.116. The molecular formula is C16H20F3N5O11S. The molecule has 0 aromatic carbocycles. The van der Waals surface area contributed by atoms with Crippen molar-refractivity contribution in [2.45, 2.75) is 49.8 Å². The fourth-order valence-corrected chi connectivity index (χ4v) is 3.53. The van der Waals surface area contributed by atoms with Gasteiger partial charge in [-0.3, -0.25) is 14.2 Å². The number of nitrogens with one attached hydrogen (secondary N) is 1. The van der Waals surface area contributed by atoms with Gasteiger partial charge < -0.3 is 35.1 Å². The minimum absolute atomic E-state index is 0.168. The van der Waals surface area contributed by atoms with Crippen LogP contribution >= 0.6 is 0 Å². The number of hydrogen-bond donors (Lipinski definition) is 3. The van der Waals surface area contributed by atoms with Crippen molar-refractivity contribution in [1.82, 2.24) is 9.55 Å². The van der Waals surface area contributed by atoms with Gasteiger partial charge in [-0.1, -0.05) is 4.33 Å². The van der Waals surface area contributed by atoms with E-state index in [-0.39, 0.29) is 17.5 Å². The molecule has 1 aromatic rings. The number of aliphatic hydroxyl groups is 1. The van der Waals surface area contributed by atoms with E-state index in [2.05, 4.69) is 24.5 Å². The number of ether oxygens (including phenoxy) is 4. The molecule has 1 aromatic heterocycles. The second-order valence-electron chi connectivity index (χ2n) is 7.25. The van der Waals surface area contributed by atoms with Crippen molar-refractivity contribution in [3.8, 4) is 0 Å². The summed E-state index contributed by atoms with van der Waals surface area (Å²) in [6.07, 6.45) is -5.66. The van der Waals surface area contributed by atoms with Crippen LogP contribution in [0.5, 0.6) is 0 Å². The number of nitrogens with zero attached hydrogens (tertiary/aromatic N) is 3. The minimum Gasteiger partial charge on any atom is -0.463 e. The second kappa shape index (κ2) is 9.78. The van der Waals surface area contributed by atoms with Gasteiger partial charge in [-0.25, -0.2) is 9.87 Å². The van der Waals surface area contributed by atoms with Crippen molar-refractivity contribution in [2.24, 2.45) is 10.7 Å². The Morgan fingerprint density at radius 3 is 2.53 bits per heavy atom. The van der Waals surface area contributed by atoms with E-state index >= 15 is 0 Å². The number of halogens is 3. The van der Waals surface area contributed by atoms with Gasteiger partial charge in [0.15, 0.2) is 30.1 Å². The van der Waals surface area contributed by atoms with Crippen LogP contribution in [-0.2, 0) is 53.8 Å². The number of esters is 2. The minimum atomic E-state index is -6.26. The van der Waals surface area contributed by atoms with Crippen molar-refractivity contribution in [3.05, 3.63) is 12.0 Å². The zero-order valence-electron chi connectivity index (χ0n) is 18.6. The van der Waals surface area contributed by atoms with Crippen LogP contribution in [0.4, 0.5) is 19.0 Å². The predicted octanol–water partition coefficient (Wildman–Crippen LogP) is -1.07. The second-order valence-corrected chi connectivity index (χ2v) is 8.76. The molecule has 0 spiro atoms. The highest BCUT2D eigenvalue weighted by atomic mass is 32.2. The maximum atomic E-state index is 12.8. The summed E-state index contributed by atoms with van der Waals surface area (Å²) in [7, 11) is -5.19. The summed E-state index contributed by atoms with van der Waals surface area (Å²) in [5.74, 6) is -4.69. The highest BCUT2D eigenvalue weighted by Gasteiger charge is 2.55. The number of carbonyl (C=O) groups is 2. The van der Waals surface area contributed by atoms with Crippen LogP contribution in [-0.4, -0.2) is 78.5 Å². The molecule has 1 fully saturated rings. The average molecular weight is 547 g/mol. The Kier molecular flexibility index (Phi) is 7.49. The van der Waals surface area contributed by atoms with Gasteiger partial charge in [-0.05, 0) is 0 Å². The lowest BCUT2D eigenvalue weighted by Crippen LogP contribution is -2.42. The average Bonchev–Trinajstić information content (AvgIpc) is 3.31. The first kappa shape index (κ1) is 27.5. The predicted molar refractivity (Wildman–Crippen MR) is 105 cm³/mol. The molecule has 0 bridgehead atoms. The van der Waals surface area contributed by atoms with Crippen LogP contribution in [0.15, 0.2) is 11.3 Å². The molecule has 36 heavy (non-hydrogen) atoms. The third-order valence-electron chi connectivity index (χ3n) is 4.74. The lowest BCUT2D eigenvalue weighted by atomic mass is 10.1. The first-order valence-corrected chi connectivity index (χ1v) is 11.1. The van der Waals surface area contributed by atoms with Gasteiger partial charge in [0.2, 0.25) is 0 Å². The number of rotatable bonds is 8. The highest BCUT2D eigenvalue weighted by molar-refractivity contribution is 7.87. The number of guanidine groups is 1. The summed E-state index contributed by atoms with van der Waals surface area (Å²) in [6.45, 7) is 1.40. The largest absolute Gasteiger partial charge is 0.525 e. The Bertz CT molecular complexity index is 1160. The SMILES string of the molecule is COC1(O)N=C(N)Nc2c1ncn2[C@@H]1O[C@H](COC(C)=O)[C@@H](OC(C)=O)[C@H]1OOS(=O)(=O)C(F)(F)F. The van der Waals surface area contributed by atoms with Crippen LogP contribution < -0.4 is 11.1 Å². The zero-order valence-corrected chi connectivity index (χ0v) is 19.4. The van der Waals surface area contributed by atoms with Gasteiger partial charge in [-0.2, -0.15) is 26.6 Å². The maximum Gasteiger partial charge on any atom is 0.525 e. The van der Waals surface area contributed by atoms with Crippen molar-refractivity contribution in [1.29, 1.82) is 0 Å². The smallest absolute Gasteiger partial charge is 0.463 e. The highest BCUT2D eigenvalue weighted by Crippen LogP contribution is 2.41. The molecular weight excluding hydrogens is 527 g/mol. The molecule has 5 atom stereocenters. The van der Waals surface area contributed by atoms with E-state index in [1.807, 2.05) is 0 Å². The van der Waals surface area contributed by atoms with Crippen LogP contribution in [0, 0.1) is 0 Å².